The van der Waals surface area contributed by atoms with Crippen LogP contribution in [0.15, 0.2) is 76.8 Å². The van der Waals surface area contributed by atoms with Gasteiger partial charge < -0.3 is 5.73 Å². The fourth-order valence-electron chi connectivity index (χ4n) is 3.75. The number of aromatic nitrogens is 3. The molecule has 146 valence electrons. The quantitative estimate of drug-likeness (QED) is 0.453. The number of thioether (sulfide) groups is 1. The van der Waals surface area contributed by atoms with Crippen LogP contribution in [-0.2, 0) is 10.0 Å². The van der Waals surface area contributed by atoms with Crippen molar-refractivity contribution < 1.29 is 8.42 Å². The molecule has 0 saturated heterocycles. The van der Waals surface area contributed by atoms with Gasteiger partial charge in [-0.3, -0.25) is 0 Å². The molecule has 0 bridgehead atoms. The van der Waals surface area contributed by atoms with Crippen molar-refractivity contribution in [3.63, 3.8) is 0 Å². The van der Waals surface area contributed by atoms with E-state index in [0.717, 1.165) is 21.9 Å². The van der Waals surface area contributed by atoms with Gasteiger partial charge in [0, 0.05) is 0 Å². The molecule has 0 saturated carbocycles. The number of nitrogens with zero attached hydrogens (tertiary/aromatic N) is 2. The molecule has 3 aromatic carbocycles. The number of hydrogen-bond acceptors (Lipinski definition) is 6. The minimum Gasteiger partial charge on any atom is -0.368 e. The summed E-state index contributed by atoms with van der Waals surface area (Å²) >= 11 is 1.39. The van der Waals surface area contributed by atoms with Crippen molar-refractivity contribution in [2.45, 2.75) is 21.3 Å². The van der Waals surface area contributed by atoms with Crippen LogP contribution in [0.1, 0.15) is 22.4 Å². The van der Waals surface area contributed by atoms with Gasteiger partial charge in [0.1, 0.15) is 0 Å². The Hall–Kier alpha value is -2.88. The number of anilines is 1. The summed E-state index contributed by atoms with van der Waals surface area (Å²) in [7, 11) is -3.71. The van der Waals surface area contributed by atoms with Crippen LogP contribution in [-0.4, -0.2) is 23.6 Å². The summed E-state index contributed by atoms with van der Waals surface area (Å²) in [6.07, 6.45) is 0. The minimum atomic E-state index is -3.71. The van der Waals surface area contributed by atoms with Crippen LogP contribution in [0.25, 0.3) is 10.8 Å². The van der Waals surface area contributed by atoms with E-state index in [9.17, 15) is 8.42 Å². The van der Waals surface area contributed by atoms with Crippen LogP contribution >= 0.6 is 11.8 Å². The first-order valence-corrected chi connectivity index (χ1v) is 11.3. The van der Waals surface area contributed by atoms with E-state index < -0.39 is 16.1 Å². The molecule has 29 heavy (non-hydrogen) atoms. The average molecular weight is 424 g/mol. The predicted octanol–water partition coefficient (Wildman–Crippen LogP) is 3.41. The first kappa shape index (κ1) is 18.2. The van der Waals surface area contributed by atoms with E-state index >= 15 is 0 Å². The van der Waals surface area contributed by atoms with E-state index in [4.69, 9.17) is 5.73 Å². The fraction of sp³-hybridized carbons (Fsp3) is 0.100. The molecular weight excluding hydrogens is 406 g/mol. The second-order valence-corrected chi connectivity index (χ2v) is 9.57. The number of nitrogen functional groups attached to an aromatic ring is 1. The second-order valence-electron chi connectivity index (χ2n) is 6.75. The maximum atomic E-state index is 13.1. The Bertz CT molecular complexity index is 1300. The molecule has 1 heterocycles. The number of sulfonamides is 1. The molecule has 9 heteroatoms. The third kappa shape index (κ3) is 3.17. The van der Waals surface area contributed by atoms with Crippen LogP contribution in [0.2, 0.25) is 0 Å². The molecule has 4 aromatic rings. The number of aromatic amines is 1. The Morgan fingerprint density at radius 1 is 0.966 bits per heavy atom. The van der Waals surface area contributed by atoms with Crippen LogP contribution in [0.3, 0.4) is 0 Å². The van der Waals surface area contributed by atoms with E-state index in [-0.39, 0.29) is 16.1 Å². The molecule has 1 aliphatic rings. The molecule has 5 rings (SSSR count). The fourth-order valence-corrected chi connectivity index (χ4v) is 6.24. The summed E-state index contributed by atoms with van der Waals surface area (Å²) in [6, 6.07) is 19.9. The normalized spacial score (nSPS) is 18.3. The number of rotatable bonds is 5. The molecule has 0 radical (unpaired) electrons. The van der Waals surface area contributed by atoms with Gasteiger partial charge in [-0.1, -0.05) is 66.4 Å². The molecule has 0 aliphatic heterocycles. The van der Waals surface area contributed by atoms with E-state index in [2.05, 4.69) is 19.9 Å². The van der Waals surface area contributed by atoms with Crippen molar-refractivity contribution in [2.75, 3.05) is 5.73 Å². The summed E-state index contributed by atoms with van der Waals surface area (Å²) < 4.78 is 29.1. The lowest BCUT2D eigenvalue weighted by atomic mass is 10.1. The van der Waals surface area contributed by atoms with Crippen LogP contribution in [0.4, 0.5) is 5.95 Å². The monoisotopic (exact) mass is 423 g/mol. The zero-order valence-electron chi connectivity index (χ0n) is 15.1. The smallest absolute Gasteiger partial charge is 0.241 e. The summed E-state index contributed by atoms with van der Waals surface area (Å²) in [5, 5.41) is 9.13. The van der Waals surface area contributed by atoms with Crippen LogP contribution in [0, 0.1) is 0 Å². The van der Waals surface area contributed by atoms with Crippen molar-refractivity contribution >= 4 is 38.5 Å². The Morgan fingerprint density at radius 3 is 2.38 bits per heavy atom. The lowest BCUT2D eigenvalue weighted by Gasteiger charge is -2.21. The van der Waals surface area contributed by atoms with Gasteiger partial charge in [-0.15, -0.1) is 5.10 Å². The first-order chi connectivity index (χ1) is 14.0. The highest BCUT2D eigenvalue weighted by Crippen LogP contribution is 2.52. The maximum absolute atomic E-state index is 13.1. The molecule has 4 N–H and O–H groups in total. The number of H-pyrrole nitrogens is 1. The van der Waals surface area contributed by atoms with E-state index in [1.54, 1.807) is 30.3 Å². The first-order valence-electron chi connectivity index (χ1n) is 8.96. The summed E-state index contributed by atoms with van der Waals surface area (Å²) in [5.74, 6) is 0.225. The van der Waals surface area contributed by atoms with E-state index in [1.807, 2.05) is 36.4 Å². The highest BCUT2D eigenvalue weighted by Gasteiger charge is 2.38. The van der Waals surface area contributed by atoms with E-state index in [0.29, 0.717) is 5.16 Å². The topological polar surface area (TPSA) is 114 Å². The van der Waals surface area contributed by atoms with Crippen molar-refractivity contribution in [1.82, 2.24) is 19.9 Å². The van der Waals surface area contributed by atoms with Gasteiger partial charge in [-0.25, -0.2) is 18.2 Å². The highest BCUT2D eigenvalue weighted by atomic mass is 32.2. The number of nitrogens with one attached hydrogen (secondary N) is 2. The zero-order valence-corrected chi connectivity index (χ0v) is 16.7. The number of hydrogen-bond donors (Lipinski definition) is 3. The molecular formula is C20H17N5O2S2. The predicted molar refractivity (Wildman–Crippen MR) is 113 cm³/mol. The lowest BCUT2D eigenvalue weighted by molar-refractivity contribution is 0.557. The van der Waals surface area contributed by atoms with Crippen molar-refractivity contribution in [1.29, 1.82) is 0 Å². The summed E-state index contributed by atoms with van der Waals surface area (Å²) in [5.41, 5.74) is 7.66. The van der Waals surface area contributed by atoms with Crippen molar-refractivity contribution in [3.8, 4) is 0 Å². The maximum Gasteiger partial charge on any atom is 0.241 e. The SMILES string of the molecule is Nc1nc(S[C@@H]2c3cccc4cccc(c34)[C@@H]2NS(=O)(=O)c2ccccc2)n[nH]1. The Morgan fingerprint density at radius 2 is 1.69 bits per heavy atom. The molecule has 2 atom stereocenters. The Labute approximate surface area is 171 Å². The lowest BCUT2D eigenvalue weighted by Crippen LogP contribution is -2.30. The molecule has 1 aromatic heterocycles. The molecule has 1 aliphatic carbocycles. The van der Waals surface area contributed by atoms with Crippen LogP contribution < -0.4 is 10.5 Å². The molecule has 7 nitrogen and oxygen atoms in total. The third-order valence-corrected chi connectivity index (χ3v) is 7.59. The highest BCUT2D eigenvalue weighted by molar-refractivity contribution is 7.99. The van der Waals surface area contributed by atoms with Gasteiger partial charge in [0.2, 0.25) is 21.1 Å². The largest absolute Gasteiger partial charge is 0.368 e. The molecule has 0 spiro atoms. The van der Waals surface area contributed by atoms with Gasteiger partial charge >= 0.3 is 0 Å². The van der Waals surface area contributed by atoms with Gasteiger partial charge in [0.05, 0.1) is 16.2 Å². The minimum absolute atomic E-state index is 0.225. The standard InChI is InChI=1S/C20H17N5O2S2/c21-19-22-20(24-23-19)28-18-15-11-5-7-12-6-4-10-14(16(12)15)17(18)25-29(26,27)13-8-2-1-3-9-13/h1-11,17-18,25H,(H3,21,22,23,24)/t17-,18+/m0/s1. The van der Waals surface area contributed by atoms with Gasteiger partial charge in [-0.05, 0) is 34.0 Å². The molecule has 0 amide bonds. The summed E-state index contributed by atoms with van der Waals surface area (Å²) in [4.78, 5) is 4.42. The third-order valence-electron chi connectivity index (χ3n) is 4.96. The average Bonchev–Trinajstić information content (AvgIpc) is 3.27. The Balaban J connectivity index is 1.61. The second kappa shape index (κ2) is 6.87. The van der Waals surface area contributed by atoms with Gasteiger partial charge in [-0.2, -0.15) is 4.98 Å². The van der Waals surface area contributed by atoms with Crippen molar-refractivity contribution in [2.24, 2.45) is 0 Å². The van der Waals surface area contributed by atoms with Crippen LogP contribution in [0.5, 0.6) is 0 Å². The van der Waals surface area contributed by atoms with Crippen molar-refractivity contribution in [3.05, 3.63) is 77.9 Å². The summed E-state index contributed by atoms with van der Waals surface area (Å²) in [6.45, 7) is 0. The number of nitrogens with two attached hydrogens (primary N) is 1. The van der Waals surface area contributed by atoms with E-state index in [1.165, 1.54) is 11.8 Å². The zero-order chi connectivity index (χ0) is 20.0. The Kier molecular flexibility index (Phi) is 4.30. The van der Waals surface area contributed by atoms with Gasteiger partial charge in [0.25, 0.3) is 0 Å². The molecule has 0 unspecified atom stereocenters. The number of benzene rings is 3. The van der Waals surface area contributed by atoms with Gasteiger partial charge in [0.15, 0.2) is 0 Å². The molecule has 0 fully saturated rings.